The molecule has 1 heterocycles. The Hall–Kier alpha value is -1.08. The van der Waals surface area contributed by atoms with Gasteiger partial charge in [-0.15, -0.1) is 0 Å². The van der Waals surface area contributed by atoms with Gasteiger partial charge in [0.15, 0.2) is 0 Å². The second-order valence-corrected chi connectivity index (χ2v) is 3.26. The number of benzene rings is 1. The van der Waals surface area contributed by atoms with Crippen molar-refractivity contribution in [1.82, 2.24) is 0 Å². The molecule has 0 bridgehead atoms. The fourth-order valence-corrected chi connectivity index (χ4v) is 1.44. The standard InChI is InChI=1S/C11H12O/c1-9(2)11(8-12-11)10-6-4-3-5-7-10/h3-7H,1,8H2,2H3. The zero-order valence-corrected chi connectivity index (χ0v) is 7.21. The van der Waals surface area contributed by atoms with Gasteiger partial charge >= 0.3 is 0 Å². The third kappa shape index (κ3) is 0.978. The minimum atomic E-state index is -0.152. The van der Waals surface area contributed by atoms with Crippen molar-refractivity contribution in [2.45, 2.75) is 12.5 Å². The van der Waals surface area contributed by atoms with Gasteiger partial charge in [-0.05, 0) is 18.1 Å². The quantitative estimate of drug-likeness (QED) is 0.478. The topological polar surface area (TPSA) is 12.5 Å². The molecular weight excluding hydrogens is 148 g/mol. The summed E-state index contributed by atoms with van der Waals surface area (Å²) in [5, 5.41) is 0. The third-order valence-electron chi connectivity index (χ3n) is 2.36. The van der Waals surface area contributed by atoms with Crippen molar-refractivity contribution in [3.8, 4) is 0 Å². The summed E-state index contributed by atoms with van der Waals surface area (Å²) in [5.74, 6) is 0. The highest BCUT2D eigenvalue weighted by Gasteiger charge is 2.46. The Morgan fingerprint density at radius 1 is 1.42 bits per heavy atom. The third-order valence-corrected chi connectivity index (χ3v) is 2.36. The number of epoxide rings is 1. The van der Waals surface area contributed by atoms with E-state index >= 15 is 0 Å². The van der Waals surface area contributed by atoms with E-state index in [0.717, 1.165) is 12.2 Å². The number of rotatable bonds is 2. The first-order valence-electron chi connectivity index (χ1n) is 4.11. The van der Waals surface area contributed by atoms with Crippen molar-refractivity contribution in [2.75, 3.05) is 6.61 Å². The lowest BCUT2D eigenvalue weighted by atomic mass is 9.94. The predicted molar refractivity (Wildman–Crippen MR) is 48.9 cm³/mol. The number of hydrogen-bond acceptors (Lipinski definition) is 1. The van der Waals surface area contributed by atoms with Crippen molar-refractivity contribution >= 4 is 0 Å². The average Bonchev–Trinajstić information content (AvgIpc) is 2.86. The van der Waals surface area contributed by atoms with Crippen LogP contribution in [0.5, 0.6) is 0 Å². The highest BCUT2D eigenvalue weighted by Crippen LogP contribution is 2.44. The van der Waals surface area contributed by atoms with Crippen LogP contribution in [0.15, 0.2) is 42.5 Å². The Morgan fingerprint density at radius 2 is 2.00 bits per heavy atom. The summed E-state index contributed by atoms with van der Waals surface area (Å²) in [6, 6.07) is 10.2. The normalized spacial score (nSPS) is 26.8. The summed E-state index contributed by atoms with van der Waals surface area (Å²) in [4.78, 5) is 0. The highest BCUT2D eigenvalue weighted by atomic mass is 16.6. The Labute approximate surface area is 72.7 Å². The monoisotopic (exact) mass is 160 g/mol. The zero-order valence-electron chi connectivity index (χ0n) is 7.21. The van der Waals surface area contributed by atoms with Crippen molar-refractivity contribution in [3.63, 3.8) is 0 Å². The SMILES string of the molecule is C=C(C)C1(c2ccccc2)CO1. The molecule has 1 nitrogen and oxygen atoms in total. The van der Waals surface area contributed by atoms with Gasteiger partial charge in [0.2, 0.25) is 0 Å². The fraction of sp³-hybridized carbons (Fsp3) is 0.273. The van der Waals surface area contributed by atoms with Crippen molar-refractivity contribution in [2.24, 2.45) is 0 Å². The van der Waals surface area contributed by atoms with Crippen LogP contribution < -0.4 is 0 Å². The van der Waals surface area contributed by atoms with E-state index in [-0.39, 0.29) is 5.60 Å². The molecule has 1 aliphatic heterocycles. The summed E-state index contributed by atoms with van der Waals surface area (Å²) in [5.41, 5.74) is 2.16. The van der Waals surface area contributed by atoms with E-state index in [0.29, 0.717) is 0 Å². The largest absolute Gasteiger partial charge is 0.360 e. The van der Waals surface area contributed by atoms with Gasteiger partial charge in [-0.3, -0.25) is 0 Å². The van der Waals surface area contributed by atoms with Gasteiger partial charge in [-0.25, -0.2) is 0 Å². The summed E-state index contributed by atoms with van der Waals surface area (Å²) in [7, 11) is 0. The molecule has 0 aliphatic carbocycles. The van der Waals surface area contributed by atoms with E-state index in [4.69, 9.17) is 4.74 Å². The lowest BCUT2D eigenvalue weighted by molar-refractivity contribution is 0.345. The number of ether oxygens (including phenoxy) is 1. The maximum absolute atomic E-state index is 5.44. The summed E-state index contributed by atoms with van der Waals surface area (Å²) >= 11 is 0. The molecule has 0 amide bonds. The highest BCUT2D eigenvalue weighted by molar-refractivity contribution is 5.35. The minimum absolute atomic E-state index is 0.152. The first-order valence-corrected chi connectivity index (χ1v) is 4.11. The molecule has 1 fully saturated rings. The van der Waals surface area contributed by atoms with E-state index in [1.54, 1.807) is 0 Å². The molecule has 12 heavy (non-hydrogen) atoms. The summed E-state index contributed by atoms with van der Waals surface area (Å²) in [6.07, 6.45) is 0. The lowest BCUT2D eigenvalue weighted by Gasteiger charge is -2.10. The Bertz CT molecular complexity index is 296. The van der Waals surface area contributed by atoms with Crippen LogP contribution in [0.3, 0.4) is 0 Å². The molecule has 1 saturated heterocycles. The summed E-state index contributed by atoms with van der Waals surface area (Å²) in [6.45, 7) is 6.74. The van der Waals surface area contributed by atoms with E-state index < -0.39 is 0 Å². The molecule has 62 valence electrons. The van der Waals surface area contributed by atoms with Gasteiger partial charge in [-0.1, -0.05) is 36.9 Å². The Kier molecular flexibility index (Phi) is 1.55. The zero-order chi connectivity index (χ0) is 8.60. The maximum Gasteiger partial charge on any atom is 0.137 e. The van der Waals surface area contributed by atoms with Gasteiger partial charge in [0.25, 0.3) is 0 Å². The molecule has 1 aromatic rings. The predicted octanol–water partition coefficient (Wildman–Crippen LogP) is 2.49. The second-order valence-electron chi connectivity index (χ2n) is 3.26. The van der Waals surface area contributed by atoms with Crippen LogP contribution in [0, 0.1) is 0 Å². The van der Waals surface area contributed by atoms with E-state index in [2.05, 4.69) is 18.7 Å². The maximum atomic E-state index is 5.44. The van der Waals surface area contributed by atoms with Crippen molar-refractivity contribution in [3.05, 3.63) is 48.0 Å². The molecule has 1 heteroatoms. The summed E-state index contributed by atoms with van der Waals surface area (Å²) < 4.78 is 5.44. The Morgan fingerprint density at radius 3 is 2.42 bits per heavy atom. The molecule has 0 aromatic heterocycles. The number of hydrogen-bond donors (Lipinski definition) is 0. The average molecular weight is 160 g/mol. The van der Waals surface area contributed by atoms with Crippen LogP contribution >= 0.6 is 0 Å². The van der Waals surface area contributed by atoms with E-state index in [9.17, 15) is 0 Å². The Balaban J connectivity index is 2.37. The first kappa shape index (κ1) is 7.56. The van der Waals surface area contributed by atoms with Crippen LogP contribution in [0.4, 0.5) is 0 Å². The molecule has 1 unspecified atom stereocenters. The van der Waals surface area contributed by atoms with Crippen molar-refractivity contribution in [1.29, 1.82) is 0 Å². The van der Waals surface area contributed by atoms with Crippen LogP contribution in [-0.4, -0.2) is 6.61 Å². The van der Waals surface area contributed by atoms with Gasteiger partial charge in [0.1, 0.15) is 5.60 Å². The second kappa shape index (κ2) is 2.46. The fourth-order valence-electron chi connectivity index (χ4n) is 1.44. The first-order chi connectivity index (χ1) is 5.76. The molecule has 1 aliphatic rings. The van der Waals surface area contributed by atoms with Crippen LogP contribution in [0.1, 0.15) is 12.5 Å². The van der Waals surface area contributed by atoms with Crippen LogP contribution in [0.2, 0.25) is 0 Å². The molecular formula is C11H12O. The molecule has 1 aromatic carbocycles. The molecule has 0 radical (unpaired) electrons. The van der Waals surface area contributed by atoms with Crippen molar-refractivity contribution < 1.29 is 4.74 Å². The molecule has 1 atom stereocenters. The van der Waals surface area contributed by atoms with Gasteiger partial charge in [0, 0.05) is 0 Å². The molecule has 2 rings (SSSR count). The van der Waals surface area contributed by atoms with Gasteiger partial charge in [-0.2, -0.15) is 0 Å². The van der Waals surface area contributed by atoms with Gasteiger partial charge < -0.3 is 4.74 Å². The van der Waals surface area contributed by atoms with Crippen LogP contribution in [-0.2, 0) is 10.3 Å². The van der Waals surface area contributed by atoms with Crippen LogP contribution in [0.25, 0.3) is 0 Å². The minimum Gasteiger partial charge on any atom is -0.360 e. The van der Waals surface area contributed by atoms with E-state index in [1.165, 1.54) is 5.56 Å². The van der Waals surface area contributed by atoms with E-state index in [1.807, 2.05) is 25.1 Å². The lowest BCUT2D eigenvalue weighted by Crippen LogP contribution is -2.08. The molecule has 0 saturated carbocycles. The smallest absolute Gasteiger partial charge is 0.137 e. The molecule has 0 spiro atoms. The van der Waals surface area contributed by atoms with Gasteiger partial charge in [0.05, 0.1) is 6.61 Å². The molecule has 0 N–H and O–H groups in total.